The van der Waals surface area contributed by atoms with Gasteiger partial charge in [-0.05, 0) is 49.7 Å². The molecule has 2 N–H and O–H groups in total. The van der Waals surface area contributed by atoms with Crippen LogP contribution in [0.1, 0.15) is 76.8 Å². The summed E-state index contributed by atoms with van der Waals surface area (Å²) in [6.45, 7) is 4.41. The van der Waals surface area contributed by atoms with Crippen molar-refractivity contribution in [3.05, 3.63) is 60.3 Å². The second-order valence-corrected chi connectivity index (χ2v) is 11.0. The summed E-state index contributed by atoms with van der Waals surface area (Å²) < 4.78 is 29.3. The van der Waals surface area contributed by atoms with E-state index in [2.05, 4.69) is 27.0 Å². The minimum absolute atomic E-state index is 0.108. The molecule has 3 rings (SSSR count). The predicted octanol–water partition coefficient (Wildman–Crippen LogP) is 7.50. The minimum atomic E-state index is -3.57. The first-order valence-corrected chi connectivity index (χ1v) is 14.8. The van der Waals surface area contributed by atoms with Crippen LogP contribution in [0.25, 0.3) is 5.69 Å². The third kappa shape index (κ3) is 8.79. The van der Waals surface area contributed by atoms with Gasteiger partial charge >= 0.3 is 0 Å². The lowest BCUT2D eigenvalue weighted by molar-refractivity contribution is 0.434. The molecule has 0 saturated heterocycles. The van der Waals surface area contributed by atoms with Crippen LogP contribution in [0.3, 0.4) is 0 Å². The van der Waals surface area contributed by atoms with Crippen LogP contribution < -0.4 is 4.72 Å². The average Bonchev–Trinajstić information content (AvgIpc) is 3.19. The maximum atomic E-state index is 12.6. The second-order valence-electron chi connectivity index (χ2n) is 9.28. The molecule has 200 valence electrons. The first-order valence-electron chi connectivity index (χ1n) is 13.3. The summed E-state index contributed by atoms with van der Waals surface area (Å²) in [6.07, 6.45) is 12.1. The van der Waals surface area contributed by atoms with Crippen molar-refractivity contribution in [2.75, 3.05) is 6.54 Å². The van der Waals surface area contributed by atoms with Gasteiger partial charge in [0.05, 0.1) is 22.0 Å². The molecule has 1 aromatic heterocycles. The normalized spacial score (nSPS) is 11.9. The standard InChI is InChI=1S/C28H39N5O3S/c1-3-4-5-6-7-8-9-10-11-15-22-29-37(35,36)26-20-18-24(19-21-26)30-31-27-23(2)32-33(28(27)34)25-16-13-12-14-17-25/h12-14,16-21,29,34H,3-11,15,22H2,1-2H3. The Balaban J connectivity index is 1.46. The zero-order chi connectivity index (χ0) is 26.5. The Morgan fingerprint density at radius 3 is 2.05 bits per heavy atom. The molecule has 0 bridgehead atoms. The van der Waals surface area contributed by atoms with E-state index >= 15 is 0 Å². The fourth-order valence-corrected chi connectivity index (χ4v) is 5.15. The van der Waals surface area contributed by atoms with E-state index in [0.717, 1.165) is 19.3 Å². The van der Waals surface area contributed by atoms with E-state index in [9.17, 15) is 13.5 Å². The van der Waals surface area contributed by atoms with E-state index in [4.69, 9.17) is 0 Å². The zero-order valence-electron chi connectivity index (χ0n) is 21.9. The number of rotatable bonds is 16. The molecule has 3 aromatic rings. The monoisotopic (exact) mass is 525 g/mol. The highest BCUT2D eigenvalue weighted by atomic mass is 32.2. The smallest absolute Gasteiger partial charge is 0.243 e. The van der Waals surface area contributed by atoms with Gasteiger partial charge in [0.1, 0.15) is 0 Å². The molecule has 0 aliphatic carbocycles. The average molecular weight is 526 g/mol. The fourth-order valence-electron chi connectivity index (χ4n) is 4.08. The van der Waals surface area contributed by atoms with Crippen LogP contribution in [-0.4, -0.2) is 29.8 Å². The highest BCUT2D eigenvalue weighted by molar-refractivity contribution is 7.89. The number of aromatic hydroxyl groups is 1. The Kier molecular flexibility index (Phi) is 11.3. The fraction of sp³-hybridized carbons (Fsp3) is 0.464. The van der Waals surface area contributed by atoms with Gasteiger partial charge in [-0.1, -0.05) is 82.9 Å². The Morgan fingerprint density at radius 2 is 1.43 bits per heavy atom. The van der Waals surface area contributed by atoms with E-state index in [1.54, 1.807) is 19.1 Å². The van der Waals surface area contributed by atoms with Gasteiger partial charge in [-0.25, -0.2) is 13.1 Å². The molecule has 8 nitrogen and oxygen atoms in total. The number of hydrogen-bond acceptors (Lipinski definition) is 6. The Labute approximate surface area is 220 Å². The Hall–Kier alpha value is -3.04. The van der Waals surface area contributed by atoms with Gasteiger partial charge in [-0.2, -0.15) is 14.9 Å². The van der Waals surface area contributed by atoms with E-state index in [0.29, 0.717) is 23.6 Å². The van der Waals surface area contributed by atoms with Crippen molar-refractivity contribution < 1.29 is 13.5 Å². The molecule has 0 amide bonds. The van der Waals surface area contributed by atoms with E-state index < -0.39 is 10.0 Å². The molecule has 1 heterocycles. The number of hydrogen-bond donors (Lipinski definition) is 2. The highest BCUT2D eigenvalue weighted by Gasteiger charge is 2.16. The molecule has 0 aliphatic heterocycles. The quantitative estimate of drug-likeness (QED) is 0.149. The number of nitrogens with zero attached hydrogens (tertiary/aromatic N) is 4. The minimum Gasteiger partial charge on any atom is -0.492 e. The van der Waals surface area contributed by atoms with Crippen LogP contribution in [0.15, 0.2) is 69.7 Å². The lowest BCUT2D eigenvalue weighted by atomic mass is 10.1. The van der Waals surface area contributed by atoms with Crippen LogP contribution in [0.2, 0.25) is 0 Å². The third-order valence-electron chi connectivity index (χ3n) is 6.24. The van der Waals surface area contributed by atoms with Crippen LogP contribution in [0.4, 0.5) is 11.4 Å². The van der Waals surface area contributed by atoms with Gasteiger partial charge in [0.2, 0.25) is 15.9 Å². The lowest BCUT2D eigenvalue weighted by Gasteiger charge is -2.07. The summed E-state index contributed by atoms with van der Waals surface area (Å²) in [5, 5.41) is 23.2. The molecule has 0 saturated carbocycles. The number of aromatic nitrogens is 2. The van der Waals surface area contributed by atoms with Crippen molar-refractivity contribution in [3.63, 3.8) is 0 Å². The van der Waals surface area contributed by atoms with Crippen LogP contribution >= 0.6 is 0 Å². The maximum absolute atomic E-state index is 12.6. The highest BCUT2D eigenvalue weighted by Crippen LogP contribution is 2.33. The number of para-hydroxylation sites is 1. The molecule has 0 atom stereocenters. The first-order chi connectivity index (χ1) is 17.9. The zero-order valence-corrected chi connectivity index (χ0v) is 22.8. The molecular formula is C28H39N5O3S. The van der Waals surface area contributed by atoms with Gasteiger partial charge in [-0.3, -0.25) is 0 Å². The number of nitrogens with one attached hydrogen (secondary N) is 1. The van der Waals surface area contributed by atoms with Crippen molar-refractivity contribution in [2.24, 2.45) is 10.2 Å². The number of sulfonamides is 1. The van der Waals surface area contributed by atoms with Gasteiger partial charge in [-0.15, -0.1) is 5.11 Å². The maximum Gasteiger partial charge on any atom is 0.243 e. The molecule has 0 aliphatic rings. The van der Waals surface area contributed by atoms with Gasteiger partial charge in [0.15, 0.2) is 5.69 Å². The number of benzene rings is 2. The summed E-state index contributed by atoms with van der Waals surface area (Å²) in [4.78, 5) is 0.189. The molecule has 0 spiro atoms. The van der Waals surface area contributed by atoms with Crippen molar-refractivity contribution in [3.8, 4) is 11.6 Å². The topological polar surface area (TPSA) is 109 Å². The summed E-state index contributed by atoms with van der Waals surface area (Å²) in [5.41, 5.74) is 1.98. The van der Waals surface area contributed by atoms with Gasteiger partial charge in [0.25, 0.3) is 0 Å². The molecule has 0 fully saturated rings. The number of unbranched alkanes of at least 4 members (excludes halogenated alkanes) is 9. The Morgan fingerprint density at radius 1 is 0.838 bits per heavy atom. The van der Waals surface area contributed by atoms with Crippen molar-refractivity contribution >= 4 is 21.4 Å². The molecule has 37 heavy (non-hydrogen) atoms. The van der Waals surface area contributed by atoms with Gasteiger partial charge < -0.3 is 5.11 Å². The van der Waals surface area contributed by atoms with Crippen molar-refractivity contribution in [1.29, 1.82) is 0 Å². The van der Waals surface area contributed by atoms with Crippen LogP contribution in [0.5, 0.6) is 5.88 Å². The summed E-state index contributed by atoms with van der Waals surface area (Å²) in [6, 6.07) is 15.5. The molecule has 0 unspecified atom stereocenters. The Bertz CT molecular complexity index is 1220. The van der Waals surface area contributed by atoms with Crippen LogP contribution in [-0.2, 0) is 10.0 Å². The summed E-state index contributed by atoms with van der Waals surface area (Å²) in [7, 11) is -3.57. The largest absolute Gasteiger partial charge is 0.492 e. The molecule has 0 radical (unpaired) electrons. The second kappa shape index (κ2) is 14.6. The lowest BCUT2D eigenvalue weighted by Crippen LogP contribution is -2.24. The van der Waals surface area contributed by atoms with Crippen molar-refractivity contribution in [1.82, 2.24) is 14.5 Å². The van der Waals surface area contributed by atoms with Gasteiger partial charge in [0, 0.05) is 6.54 Å². The number of aryl methyl sites for hydroxylation is 1. The number of azo groups is 1. The van der Waals surface area contributed by atoms with Crippen LogP contribution in [0, 0.1) is 6.92 Å². The summed E-state index contributed by atoms with van der Waals surface area (Å²) >= 11 is 0. The predicted molar refractivity (Wildman–Crippen MR) is 148 cm³/mol. The van der Waals surface area contributed by atoms with E-state index in [-0.39, 0.29) is 16.5 Å². The summed E-state index contributed by atoms with van der Waals surface area (Å²) in [5.74, 6) is -0.108. The molecule has 9 heteroatoms. The van der Waals surface area contributed by atoms with E-state index in [1.165, 1.54) is 61.8 Å². The molecular weight excluding hydrogens is 486 g/mol. The first kappa shape index (κ1) is 28.5. The molecule has 2 aromatic carbocycles. The van der Waals surface area contributed by atoms with E-state index in [1.807, 2.05) is 30.3 Å². The van der Waals surface area contributed by atoms with Crippen molar-refractivity contribution in [2.45, 2.75) is 83.0 Å². The third-order valence-corrected chi connectivity index (χ3v) is 7.72. The SMILES string of the molecule is CCCCCCCCCCCCNS(=O)(=O)c1ccc(N=Nc2c(C)nn(-c3ccccc3)c2O)cc1.